The van der Waals surface area contributed by atoms with Crippen molar-refractivity contribution in [3.63, 3.8) is 0 Å². The molecule has 24 heavy (non-hydrogen) atoms. The van der Waals surface area contributed by atoms with Gasteiger partial charge in [0, 0.05) is 19.4 Å². The summed E-state index contributed by atoms with van der Waals surface area (Å²) in [5.41, 5.74) is 8.61. The van der Waals surface area contributed by atoms with E-state index in [1.54, 1.807) is 18.2 Å². The first-order valence-corrected chi connectivity index (χ1v) is 7.71. The Bertz CT molecular complexity index is 807. The molecule has 2 aromatic rings. The predicted molar refractivity (Wildman–Crippen MR) is 94.9 cm³/mol. The number of nitrogen functional groups attached to an aromatic ring is 1. The van der Waals surface area contributed by atoms with Crippen molar-refractivity contribution in [3.8, 4) is 11.1 Å². The number of benzene rings is 1. The van der Waals surface area contributed by atoms with Gasteiger partial charge in [-0.05, 0) is 24.1 Å². The molecule has 0 unspecified atom stereocenters. The van der Waals surface area contributed by atoms with E-state index in [-0.39, 0.29) is 23.6 Å². The van der Waals surface area contributed by atoms with Crippen molar-refractivity contribution >= 4 is 40.9 Å². The minimum atomic E-state index is -0.274. The molecule has 2 rings (SSSR count). The fraction of sp³-hybridized carbons (Fsp3) is 0.250. The third-order valence-corrected chi connectivity index (χ3v) is 3.53. The van der Waals surface area contributed by atoms with Gasteiger partial charge < -0.3 is 11.1 Å². The minimum absolute atomic E-state index is 0.164. The van der Waals surface area contributed by atoms with Crippen LogP contribution in [0.5, 0.6) is 0 Å². The number of aromatic nitrogens is 2. The van der Waals surface area contributed by atoms with Gasteiger partial charge in [-0.25, -0.2) is 4.98 Å². The molecule has 0 aliphatic heterocycles. The number of aryl methyl sites for hydroxylation is 1. The molecule has 0 saturated heterocycles. The highest BCUT2D eigenvalue weighted by atomic mass is 35.5. The monoisotopic (exact) mass is 347 g/mol. The van der Waals surface area contributed by atoms with Crippen LogP contribution in [0.1, 0.15) is 26.5 Å². The van der Waals surface area contributed by atoms with Gasteiger partial charge >= 0.3 is 0 Å². The first kappa shape index (κ1) is 17.7. The third-order valence-electron chi connectivity index (χ3n) is 3.20. The van der Waals surface area contributed by atoms with Crippen LogP contribution in [0.15, 0.2) is 18.2 Å². The van der Waals surface area contributed by atoms with Gasteiger partial charge in [-0.2, -0.15) is 4.98 Å². The van der Waals surface area contributed by atoms with Gasteiger partial charge in [-0.1, -0.05) is 24.6 Å². The number of nitrogens with zero attached hydrogens (tertiary/aromatic N) is 2. The van der Waals surface area contributed by atoms with Gasteiger partial charge in [0.25, 0.3) is 0 Å². The van der Waals surface area contributed by atoms with Crippen LogP contribution in [0.2, 0.25) is 5.02 Å². The molecule has 0 saturated carbocycles. The molecule has 126 valence electrons. The molecule has 1 aromatic heterocycles. The summed E-state index contributed by atoms with van der Waals surface area (Å²) in [6, 6.07) is 5.17. The van der Waals surface area contributed by atoms with Crippen LogP contribution in [0.3, 0.4) is 0 Å². The summed E-state index contributed by atoms with van der Waals surface area (Å²) >= 11 is 6.10. The molecule has 0 aliphatic rings. The summed E-state index contributed by atoms with van der Waals surface area (Å²) < 4.78 is 0. The van der Waals surface area contributed by atoms with E-state index in [2.05, 4.69) is 20.6 Å². The quantitative estimate of drug-likeness (QED) is 0.787. The van der Waals surface area contributed by atoms with Crippen molar-refractivity contribution in [1.82, 2.24) is 9.97 Å². The topological polar surface area (TPSA) is 110 Å². The Labute approximate surface area is 144 Å². The summed E-state index contributed by atoms with van der Waals surface area (Å²) in [6.07, 6.45) is 0.590. The molecule has 0 atom stereocenters. The van der Waals surface area contributed by atoms with Crippen LogP contribution in [-0.4, -0.2) is 21.8 Å². The average Bonchev–Trinajstić information content (AvgIpc) is 2.48. The lowest BCUT2D eigenvalue weighted by molar-refractivity contribution is -0.115. The van der Waals surface area contributed by atoms with Crippen molar-refractivity contribution in [2.24, 2.45) is 0 Å². The molecule has 0 spiro atoms. The number of nitrogens with one attached hydrogen (secondary N) is 2. The molecule has 7 nitrogen and oxygen atoms in total. The number of anilines is 3. The Balaban J connectivity index is 2.55. The number of nitrogens with two attached hydrogens (primary N) is 1. The molecule has 0 aliphatic carbocycles. The third kappa shape index (κ3) is 3.99. The van der Waals surface area contributed by atoms with Gasteiger partial charge in [0.05, 0.1) is 16.4 Å². The Morgan fingerprint density at radius 2 is 1.83 bits per heavy atom. The normalized spacial score (nSPS) is 10.3. The molecular formula is C16H18ClN5O2. The average molecular weight is 348 g/mol. The lowest BCUT2D eigenvalue weighted by atomic mass is 10.0. The lowest BCUT2D eigenvalue weighted by Crippen LogP contribution is -2.13. The summed E-state index contributed by atoms with van der Waals surface area (Å²) in [6.45, 7) is 4.70. The van der Waals surface area contributed by atoms with Crippen molar-refractivity contribution in [2.45, 2.75) is 27.2 Å². The maximum atomic E-state index is 11.3. The van der Waals surface area contributed by atoms with Crippen molar-refractivity contribution in [3.05, 3.63) is 28.9 Å². The Hall–Kier alpha value is -2.67. The van der Waals surface area contributed by atoms with E-state index < -0.39 is 0 Å². The van der Waals surface area contributed by atoms with Crippen molar-refractivity contribution in [2.75, 3.05) is 16.4 Å². The van der Waals surface area contributed by atoms with Gasteiger partial charge in [0.2, 0.25) is 17.8 Å². The summed E-state index contributed by atoms with van der Waals surface area (Å²) in [5, 5.41) is 5.61. The number of rotatable bonds is 4. The molecule has 1 heterocycles. The van der Waals surface area contributed by atoms with Crippen LogP contribution >= 0.6 is 11.6 Å². The van der Waals surface area contributed by atoms with E-state index in [0.717, 1.165) is 5.56 Å². The Kier molecular flexibility index (Phi) is 5.35. The standard InChI is InChI=1S/C16H18ClN5O2/c1-4-12-14(15(18)22-16(21-12)20-9(3)24)10-5-6-11(17)13(7-10)19-8(2)23/h5-7H,4H2,1-3H3,(H,19,23)(H3,18,20,21,22,24). The molecule has 8 heteroatoms. The predicted octanol–water partition coefficient (Wildman–Crippen LogP) is 2.86. The van der Waals surface area contributed by atoms with Gasteiger partial charge in [0.15, 0.2) is 0 Å². The van der Waals surface area contributed by atoms with E-state index in [4.69, 9.17) is 17.3 Å². The zero-order valence-electron chi connectivity index (χ0n) is 13.6. The second-order valence-electron chi connectivity index (χ2n) is 5.16. The Morgan fingerprint density at radius 1 is 1.17 bits per heavy atom. The van der Waals surface area contributed by atoms with E-state index >= 15 is 0 Å². The van der Waals surface area contributed by atoms with Crippen LogP contribution in [0.25, 0.3) is 11.1 Å². The highest BCUT2D eigenvalue weighted by Gasteiger charge is 2.15. The van der Waals surface area contributed by atoms with E-state index in [9.17, 15) is 9.59 Å². The minimum Gasteiger partial charge on any atom is -0.383 e. The highest BCUT2D eigenvalue weighted by Crippen LogP contribution is 2.33. The number of carbonyl (C=O) groups is 2. The van der Waals surface area contributed by atoms with Crippen LogP contribution in [0.4, 0.5) is 17.5 Å². The number of halogens is 1. The fourth-order valence-electron chi connectivity index (χ4n) is 2.28. The smallest absolute Gasteiger partial charge is 0.231 e. The van der Waals surface area contributed by atoms with E-state index in [0.29, 0.717) is 28.4 Å². The molecule has 0 bridgehead atoms. The number of carbonyl (C=O) groups excluding carboxylic acids is 2. The molecule has 0 radical (unpaired) electrons. The number of amides is 2. The lowest BCUT2D eigenvalue weighted by Gasteiger charge is -2.14. The molecule has 1 aromatic carbocycles. The number of hydrogen-bond donors (Lipinski definition) is 3. The maximum Gasteiger partial charge on any atom is 0.231 e. The van der Waals surface area contributed by atoms with Gasteiger partial charge in [0.1, 0.15) is 5.82 Å². The van der Waals surface area contributed by atoms with Crippen LogP contribution < -0.4 is 16.4 Å². The first-order chi connectivity index (χ1) is 11.3. The Morgan fingerprint density at radius 3 is 2.42 bits per heavy atom. The van der Waals surface area contributed by atoms with Gasteiger partial charge in [-0.15, -0.1) is 0 Å². The summed E-state index contributed by atoms with van der Waals surface area (Å²) in [5.74, 6) is -0.100. The largest absolute Gasteiger partial charge is 0.383 e. The van der Waals surface area contributed by atoms with Crippen LogP contribution in [0, 0.1) is 0 Å². The summed E-state index contributed by atoms with van der Waals surface area (Å²) in [4.78, 5) is 30.9. The van der Waals surface area contributed by atoms with E-state index in [1.807, 2.05) is 6.92 Å². The molecule has 4 N–H and O–H groups in total. The van der Waals surface area contributed by atoms with Crippen molar-refractivity contribution in [1.29, 1.82) is 0 Å². The molecule has 0 fully saturated rings. The fourth-order valence-corrected chi connectivity index (χ4v) is 2.44. The van der Waals surface area contributed by atoms with Crippen molar-refractivity contribution < 1.29 is 9.59 Å². The highest BCUT2D eigenvalue weighted by molar-refractivity contribution is 6.33. The first-order valence-electron chi connectivity index (χ1n) is 7.33. The number of hydrogen-bond acceptors (Lipinski definition) is 5. The zero-order valence-corrected chi connectivity index (χ0v) is 14.4. The van der Waals surface area contributed by atoms with E-state index in [1.165, 1.54) is 13.8 Å². The second-order valence-corrected chi connectivity index (χ2v) is 5.57. The zero-order chi connectivity index (χ0) is 17.9. The summed E-state index contributed by atoms with van der Waals surface area (Å²) in [7, 11) is 0. The van der Waals surface area contributed by atoms with Gasteiger partial charge in [-0.3, -0.25) is 14.9 Å². The molecule has 2 amide bonds. The SMILES string of the molecule is CCc1nc(NC(C)=O)nc(N)c1-c1ccc(Cl)c(NC(C)=O)c1. The maximum absolute atomic E-state index is 11.3. The molecular weight excluding hydrogens is 330 g/mol. The van der Waals surface area contributed by atoms with Crippen LogP contribution in [-0.2, 0) is 16.0 Å². The second kappa shape index (κ2) is 7.27.